The van der Waals surface area contributed by atoms with Gasteiger partial charge in [0.15, 0.2) is 17.3 Å². The Morgan fingerprint density at radius 2 is 2.10 bits per heavy atom. The summed E-state index contributed by atoms with van der Waals surface area (Å²) in [6.07, 6.45) is 0.843. The van der Waals surface area contributed by atoms with Crippen molar-refractivity contribution in [3.05, 3.63) is 28.8 Å². The first-order chi connectivity index (χ1) is 10.3. The maximum Gasteiger partial charge on any atom is 0.206 e. The van der Waals surface area contributed by atoms with Crippen molar-refractivity contribution in [3.8, 4) is 11.5 Å². The monoisotopic (exact) mass is 305 g/mol. The van der Waals surface area contributed by atoms with Crippen molar-refractivity contribution < 1.29 is 14.3 Å². The number of anilines is 1. The second-order valence-corrected chi connectivity index (χ2v) is 5.55. The van der Waals surface area contributed by atoms with Gasteiger partial charge in [-0.25, -0.2) is 0 Å². The summed E-state index contributed by atoms with van der Waals surface area (Å²) >= 11 is 1.46. The third-order valence-corrected chi connectivity index (χ3v) is 4.06. The van der Waals surface area contributed by atoms with Gasteiger partial charge in [0, 0.05) is 5.56 Å². The van der Waals surface area contributed by atoms with E-state index in [1.165, 1.54) is 11.3 Å². The number of rotatable bonds is 5. The van der Waals surface area contributed by atoms with Gasteiger partial charge < -0.3 is 14.8 Å². The van der Waals surface area contributed by atoms with Crippen LogP contribution in [0.25, 0.3) is 0 Å². The average Bonchev–Trinajstić information content (AvgIpc) is 3.00. The lowest BCUT2D eigenvalue weighted by molar-refractivity contribution is 0.100. The van der Waals surface area contributed by atoms with E-state index in [4.69, 9.17) is 9.47 Å². The zero-order valence-corrected chi connectivity index (χ0v) is 12.4. The van der Waals surface area contributed by atoms with Crippen LogP contribution in [-0.2, 0) is 6.42 Å². The lowest BCUT2D eigenvalue weighted by atomic mass is 10.1. The topological polar surface area (TPSA) is 73.3 Å². The molecule has 0 amide bonds. The summed E-state index contributed by atoms with van der Waals surface area (Å²) < 4.78 is 10.9. The smallest absolute Gasteiger partial charge is 0.206 e. The van der Waals surface area contributed by atoms with Gasteiger partial charge in [-0.05, 0) is 24.6 Å². The molecule has 0 unspecified atom stereocenters. The number of carbonyl (C=O) groups excluding carboxylic acids is 1. The number of aryl methyl sites for hydroxylation is 1. The van der Waals surface area contributed by atoms with E-state index < -0.39 is 0 Å². The highest BCUT2D eigenvalue weighted by Crippen LogP contribution is 2.30. The highest BCUT2D eigenvalue weighted by Gasteiger charge is 2.15. The van der Waals surface area contributed by atoms with Gasteiger partial charge in [0.1, 0.15) is 18.2 Å². The SMILES string of the molecule is CCc1nnc(NCC(=O)c2ccc3c(c2)OCCO3)s1. The first-order valence-corrected chi connectivity index (χ1v) is 7.57. The number of benzene rings is 1. The molecule has 110 valence electrons. The van der Waals surface area contributed by atoms with Crippen molar-refractivity contribution in [3.63, 3.8) is 0 Å². The fourth-order valence-electron chi connectivity index (χ4n) is 1.94. The minimum Gasteiger partial charge on any atom is -0.486 e. The van der Waals surface area contributed by atoms with Crippen LogP contribution >= 0.6 is 11.3 Å². The van der Waals surface area contributed by atoms with E-state index >= 15 is 0 Å². The van der Waals surface area contributed by atoms with Gasteiger partial charge in [-0.2, -0.15) is 0 Å². The van der Waals surface area contributed by atoms with Crippen molar-refractivity contribution in [2.75, 3.05) is 25.1 Å². The summed E-state index contributed by atoms with van der Waals surface area (Å²) in [5, 5.41) is 12.6. The van der Waals surface area contributed by atoms with E-state index in [0.717, 1.165) is 11.4 Å². The maximum absolute atomic E-state index is 12.2. The predicted molar refractivity (Wildman–Crippen MR) is 79.5 cm³/mol. The molecular weight excluding hydrogens is 290 g/mol. The normalized spacial score (nSPS) is 13.0. The van der Waals surface area contributed by atoms with E-state index in [9.17, 15) is 4.79 Å². The number of ketones is 1. The highest BCUT2D eigenvalue weighted by atomic mass is 32.1. The first kappa shape index (κ1) is 13.8. The molecule has 0 fully saturated rings. The second kappa shape index (κ2) is 6.09. The standard InChI is InChI=1S/C14H15N3O3S/c1-2-13-16-17-14(21-13)15-8-10(18)9-3-4-11-12(7-9)20-6-5-19-11/h3-4,7H,2,5-6,8H2,1H3,(H,15,17). The van der Waals surface area contributed by atoms with E-state index in [-0.39, 0.29) is 12.3 Å². The molecule has 0 bridgehead atoms. The molecule has 1 aliphatic rings. The third kappa shape index (κ3) is 3.13. The Kier molecular flexibility index (Phi) is 4.01. The minimum atomic E-state index is -0.0276. The van der Waals surface area contributed by atoms with Gasteiger partial charge in [-0.3, -0.25) is 4.79 Å². The van der Waals surface area contributed by atoms with Crippen LogP contribution in [0.15, 0.2) is 18.2 Å². The summed E-state index contributed by atoms with van der Waals surface area (Å²) in [6.45, 7) is 3.24. The molecule has 1 aliphatic heterocycles. The minimum absolute atomic E-state index is 0.0276. The van der Waals surface area contributed by atoms with Gasteiger partial charge in [0.05, 0.1) is 6.54 Å². The lowest BCUT2D eigenvalue weighted by Gasteiger charge is -2.18. The van der Waals surface area contributed by atoms with Crippen LogP contribution in [0.5, 0.6) is 11.5 Å². The van der Waals surface area contributed by atoms with Crippen LogP contribution in [0, 0.1) is 0 Å². The highest BCUT2D eigenvalue weighted by molar-refractivity contribution is 7.15. The summed E-state index contributed by atoms with van der Waals surface area (Å²) in [4.78, 5) is 12.2. The molecule has 0 spiro atoms. The van der Waals surface area contributed by atoms with Crippen molar-refractivity contribution in [2.24, 2.45) is 0 Å². The zero-order valence-electron chi connectivity index (χ0n) is 11.6. The zero-order chi connectivity index (χ0) is 14.7. The fourth-order valence-corrected chi connectivity index (χ4v) is 2.62. The molecule has 2 heterocycles. The number of aromatic nitrogens is 2. The molecule has 0 atom stereocenters. The van der Waals surface area contributed by atoms with Gasteiger partial charge in [-0.1, -0.05) is 18.3 Å². The molecule has 0 saturated carbocycles. The summed E-state index contributed by atoms with van der Waals surface area (Å²) in [6, 6.07) is 5.23. The Bertz CT molecular complexity index is 657. The Labute approximate surface area is 126 Å². The number of nitrogens with one attached hydrogen (secondary N) is 1. The van der Waals surface area contributed by atoms with E-state index in [0.29, 0.717) is 35.4 Å². The van der Waals surface area contributed by atoms with E-state index in [1.54, 1.807) is 18.2 Å². The Morgan fingerprint density at radius 1 is 1.29 bits per heavy atom. The molecule has 1 N–H and O–H groups in total. The predicted octanol–water partition coefficient (Wildman–Crippen LogP) is 2.17. The lowest BCUT2D eigenvalue weighted by Crippen LogP contribution is -2.17. The Hall–Kier alpha value is -2.15. The van der Waals surface area contributed by atoms with Gasteiger partial charge in [0.25, 0.3) is 0 Å². The molecule has 2 aromatic rings. The average molecular weight is 305 g/mol. The maximum atomic E-state index is 12.2. The number of nitrogens with zero attached hydrogens (tertiary/aromatic N) is 2. The van der Waals surface area contributed by atoms with Gasteiger partial charge in [-0.15, -0.1) is 10.2 Å². The number of Topliss-reactive ketones (excluding diaryl/α,β-unsaturated/α-hetero) is 1. The molecule has 7 heteroatoms. The third-order valence-electron chi connectivity index (χ3n) is 3.03. The fraction of sp³-hybridized carbons (Fsp3) is 0.357. The molecule has 0 radical (unpaired) electrons. The molecule has 0 aliphatic carbocycles. The Balaban J connectivity index is 1.65. The molecule has 3 rings (SSSR count). The quantitative estimate of drug-likeness (QED) is 0.853. The molecular formula is C14H15N3O3S. The summed E-state index contributed by atoms with van der Waals surface area (Å²) in [5.41, 5.74) is 0.590. The Morgan fingerprint density at radius 3 is 2.86 bits per heavy atom. The van der Waals surface area contributed by atoms with Gasteiger partial charge in [0.2, 0.25) is 5.13 Å². The van der Waals surface area contributed by atoms with Crippen molar-refractivity contribution in [2.45, 2.75) is 13.3 Å². The molecule has 6 nitrogen and oxygen atoms in total. The van der Waals surface area contributed by atoms with Crippen LogP contribution in [0.1, 0.15) is 22.3 Å². The van der Waals surface area contributed by atoms with E-state index in [1.807, 2.05) is 6.92 Å². The van der Waals surface area contributed by atoms with Crippen LogP contribution in [-0.4, -0.2) is 35.7 Å². The summed E-state index contributed by atoms with van der Waals surface area (Å²) in [5.74, 6) is 1.28. The number of hydrogen-bond acceptors (Lipinski definition) is 7. The first-order valence-electron chi connectivity index (χ1n) is 6.75. The number of carbonyl (C=O) groups is 1. The van der Waals surface area contributed by atoms with Crippen LogP contribution in [0.3, 0.4) is 0 Å². The molecule has 1 aromatic carbocycles. The largest absolute Gasteiger partial charge is 0.486 e. The van der Waals surface area contributed by atoms with E-state index in [2.05, 4.69) is 15.5 Å². The van der Waals surface area contributed by atoms with Crippen LogP contribution < -0.4 is 14.8 Å². The second-order valence-electron chi connectivity index (χ2n) is 4.49. The molecule has 1 aromatic heterocycles. The summed E-state index contributed by atoms with van der Waals surface area (Å²) in [7, 11) is 0. The van der Waals surface area contributed by atoms with Crippen molar-refractivity contribution in [1.82, 2.24) is 10.2 Å². The van der Waals surface area contributed by atoms with Crippen LogP contribution in [0.2, 0.25) is 0 Å². The molecule has 0 saturated heterocycles. The van der Waals surface area contributed by atoms with Gasteiger partial charge >= 0.3 is 0 Å². The number of fused-ring (bicyclic) bond motifs is 1. The molecule has 21 heavy (non-hydrogen) atoms. The number of ether oxygens (including phenoxy) is 2. The van der Waals surface area contributed by atoms with Crippen molar-refractivity contribution >= 4 is 22.3 Å². The van der Waals surface area contributed by atoms with Crippen molar-refractivity contribution in [1.29, 1.82) is 0 Å². The number of hydrogen-bond donors (Lipinski definition) is 1. The van der Waals surface area contributed by atoms with Crippen LogP contribution in [0.4, 0.5) is 5.13 Å².